The second-order valence-corrected chi connectivity index (χ2v) is 5.05. The van der Waals surface area contributed by atoms with E-state index in [1.807, 2.05) is 7.05 Å². The first-order valence-corrected chi connectivity index (χ1v) is 6.52. The Bertz CT molecular complexity index is 577. The summed E-state index contributed by atoms with van der Waals surface area (Å²) in [6, 6.07) is 8.47. The topological polar surface area (TPSA) is 28.2 Å². The number of para-hydroxylation sites is 1. The number of hydrogen-bond donors (Lipinski definition) is 1. The molecule has 0 bridgehead atoms. The molecule has 1 aliphatic rings. The zero-order valence-electron chi connectivity index (χ0n) is 11.0. The predicted molar refractivity (Wildman–Crippen MR) is 74.5 cm³/mol. The molecule has 0 spiro atoms. The Morgan fingerprint density at radius 3 is 3.00 bits per heavy atom. The summed E-state index contributed by atoms with van der Waals surface area (Å²) >= 11 is 0. The van der Waals surface area contributed by atoms with Gasteiger partial charge in [0.1, 0.15) is 0 Å². The summed E-state index contributed by atoms with van der Waals surface area (Å²) in [6.45, 7) is 3.04. The van der Waals surface area contributed by atoms with Gasteiger partial charge in [-0.1, -0.05) is 18.2 Å². The van der Waals surface area contributed by atoms with E-state index < -0.39 is 0 Å². The predicted octanol–water partition coefficient (Wildman–Crippen LogP) is 1.94. The number of benzene rings is 1. The van der Waals surface area contributed by atoms with Crippen LogP contribution in [-0.4, -0.2) is 30.5 Å². The summed E-state index contributed by atoms with van der Waals surface area (Å²) in [4.78, 5) is 7.21. The largest absolute Gasteiger partial charge is 0.316 e. The summed E-state index contributed by atoms with van der Waals surface area (Å²) in [6.07, 6.45) is 1.06. The van der Waals surface area contributed by atoms with Gasteiger partial charge in [-0.25, -0.2) is 0 Å². The fraction of sp³-hybridized carbons (Fsp3) is 0.400. The van der Waals surface area contributed by atoms with E-state index in [9.17, 15) is 0 Å². The van der Waals surface area contributed by atoms with Crippen LogP contribution in [0.25, 0.3) is 10.9 Å². The molecule has 18 heavy (non-hydrogen) atoms. The van der Waals surface area contributed by atoms with E-state index in [-0.39, 0.29) is 0 Å². The SMILES string of the molecule is CNCc1c2c(nc3ccccc13)CCN(C)C2. The van der Waals surface area contributed by atoms with Gasteiger partial charge in [0.15, 0.2) is 0 Å². The first-order valence-electron chi connectivity index (χ1n) is 6.52. The molecule has 3 rings (SSSR count). The highest BCUT2D eigenvalue weighted by Crippen LogP contribution is 2.27. The summed E-state index contributed by atoms with van der Waals surface area (Å²) in [5, 5.41) is 4.59. The van der Waals surface area contributed by atoms with Crippen LogP contribution in [0.15, 0.2) is 24.3 Å². The number of pyridine rings is 1. The lowest BCUT2D eigenvalue weighted by molar-refractivity contribution is 0.309. The third-order valence-electron chi connectivity index (χ3n) is 3.71. The molecule has 0 amide bonds. The molecule has 94 valence electrons. The van der Waals surface area contributed by atoms with Crippen LogP contribution in [0.4, 0.5) is 0 Å². The first kappa shape index (κ1) is 11.6. The number of fused-ring (bicyclic) bond motifs is 2. The second-order valence-electron chi connectivity index (χ2n) is 5.05. The normalized spacial score (nSPS) is 15.9. The van der Waals surface area contributed by atoms with Crippen LogP contribution in [-0.2, 0) is 19.5 Å². The number of nitrogens with one attached hydrogen (secondary N) is 1. The van der Waals surface area contributed by atoms with Crippen molar-refractivity contribution < 1.29 is 0 Å². The van der Waals surface area contributed by atoms with Gasteiger partial charge in [0.05, 0.1) is 5.52 Å². The van der Waals surface area contributed by atoms with Crippen LogP contribution < -0.4 is 5.32 Å². The van der Waals surface area contributed by atoms with Crippen molar-refractivity contribution in [2.24, 2.45) is 0 Å². The van der Waals surface area contributed by atoms with E-state index >= 15 is 0 Å². The van der Waals surface area contributed by atoms with E-state index in [0.29, 0.717) is 0 Å². The van der Waals surface area contributed by atoms with Gasteiger partial charge in [0.2, 0.25) is 0 Å². The lowest BCUT2D eigenvalue weighted by Crippen LogP contribution is -2.29. The fourth-order valence-corrected chi connectivity index (χ4v) is 2.79. The van der Waals surface area contributed by atoms with Crippen molar-refractivity contribution in [3.8, 4) is 0 Å². The maximum Gasteiger partial charge on any atom is 0.0708 e. The highest BCUT2D eigenvalue weighted by Gasteiger charge is 2.19. The molecule has 3 nitrogen and oxygen atoms in total. The lowest BCUT2D eigenvalue weighted by atomic mass is 9.96. The molecule has 1 aromatic heterocycles. The quantitative estimate of drug-likeness (QED) is 0.871. The Kier molecular flexibility index (Phi) is 3.02. The van der Waals surface area contributed by atoms with Crippen molar-refractivity contribution in [1.82, 2.24) is 15.2 Å². The average molecular weight is 241 g/mol. The molecule has 0 saturated carbocycles. The van der Waals surface area contributed by atoms with Gasteiger partial charge in [0.25, 0.3) is 0 Å². The van der Waals surface area contributed by atoms with Gasteiger partial charge in [-0.15, -0.1) is 0 Å². The zero-order valence-corrected chi connectivity index (χ0v) is 11.0. The molecule has 0 saturated heterocycles. The Morgan fingerprint density at radius 1 is 1.33 bits per heavy atom. The molecule has 0 aliphatic carbocycles. The van der Waals surface area contributed by atoms with Crippen LogP contribution in [0.1, 0.15) is 16.8 Å². The van der Waals surface area contributed by atoms with Crippen molar-refractivity contribution in [1.29, 1.82) is 0 Å². The zero-order chi connectivity index (χ0) is 12.5. The van der Waals surface area contributed by atoms with E-state index in [1.165, 1.54) is 22.2 Å². The summed E-state index contributed by atoms with van der Waals surface area (Å²) in [7, 11) is 4.19. The Morgan fingerprint density at radius 2 is 2.17 bits per heavy atom. The third kappa shape index (κ3) is 1.89. The molecule has 0 unspecified atom stereocenters. The summed E-state index contributed by atoms with van der Waals surface area (Å²) < 4.78 is 0. The number of hydrogen-bond acceptors (Lipinski definition) is 3. The molecule has 2 aromatic rings. The Hall–Kier alpha value is -1.45. The average Bonchev–Trinajstić information content (AvgIpc) is 2.39. The number of nitrogens with zero attached hydrogens (tertiary/aromatic N) is 2. The standard InChI is InChI=1S/C15H19N3/c1-16-9-12-11-5-3-4-6-14(11)17-15-7-8-18(2)10-13(12)15/h3-6,16H,7-10H2,1-2H3. The second kappa shape index (κ2) is 4.67. The Balaban J connectivity index is 2.25. The molecular weight excluding hydrogens is 222 g/mol. The highest BCUT2D eigenvalue weighted by molar-refractivity contribution is 5.83. The number of likely N-dealkylation sites (N-methyl/N-ethyl adjacent to an activating group) is 1. The maximum absolute atomic E-state index is 4.84. The monoisotopic (exact) mass is 241 g/mol. The highest BCUT2D eigenvalue weighted by atomic mass is 15.1. The van der Waals surface area contributed by atoms with Gasteiger partial charge in [-0.05, 0) is 31.3 Å². The van der Waals surface area contributed by atoms with Crippen LogP contribution in [0, 0.1) is 0 Å². The van der Waals surface area contributed by atoms with Crippen molar-refractivity contribution in [3.63, 3.8) is 0 Å². The van der Waals surface area contributed by atoms with Crippen molar-refractivity contribution in [2.45, 2.75) is 19.5 Å². The molecule has 2 heterocycles. The minimum absolute atomic E-state index is 0.916. The van der Waals surface area contributed by atoms with Crippen molar-refractivity contribution in [3.05, 3.63) is 41.1 Å². The molecule has 3 heteroatoms. The van der Waals surface area contributed by atoms with Crippen LogP contribution in [0.5, 0.6) is 0 Å². The maximum atomic E-state index is 4.84. The van der Waals surface area contributed by atoms with E-state index in [0.717, 1.165) is 31.6 Å². The first-order chi connectivity index (χ1) is 8.79. The third-order valence-corrected chi connectivity index (χ3v) is 3.71. The van der Waals surface area contributed by atoms with E-state index in [1.54, 1.807) is 0 Å². The molecule has 1 N–H and O–H groups in total. The summed E-state index contributed by atoms with van der Waals surface area (Å²) in [5.74, 6) is 0. The van der Waals surface area contributed by atoms with E-state index in [2.05, 4.69) is 41.5 Å². The molecule has 0 atom stereocenters. The fourth-order valence-electron chi connectivity index (χ4n) is 2.79. The molecule has 1 aromatic carbocycles. The van der Waals surface area contributed by atoms with E-state index in [4.69, 9.17) is 4.98 Å². The van der Waals surface area contributed by atoms with Gasteiger partial charge in [-0.3, -0.25) is 4.98 Å². The molecule has 1 aliphatic heterocycles. The van der Waals surface area contributed by atoms with Gasteiger partial charge < -0.3 is 10.2 Å². The number of aromatic nitrogens is 1. The van der Waals surface area contributed by atoms with Crippen LogP contribution in [0.3, 0.4) is 0 Å². The molecule has 0 fully saturated rings. The van der Waals surface area contributed by atoms with Crippen LogP contribution in [0.2, 0.25) is 0 Å². The van der Waals surface area contributed by atoms with Crippen molar-refractivity contribution >= 4 is 10.9 Å². The lowest BCUT2D eigenvalue weighted by Gasteiger charge is -2.27. The van der Waals surface area contributed by atoms with Crippen molar-refractivity contribution in [2.75, 3.05) is 20.6 Å². The smallest absolute Gasteiger partial charge is 0.0708 e. The minimum atomic E-state index is 0.916. The molecular formula is C15H19N3. The summed E-state index contributed by atoms with van der Waals surface area (Å²) in [5.41, 5.74) is 5.27. The minimum Gasteiger partial charge on any atom is -0.316 e. The van der Waals surface area contributed by atoms with Crippen LogP contribution >= 0.6 is 0 Å². The van der Waals surface area contributed by atoms with Gasteiger partial charge in [0, 0.05) is 37.1 Å². The Labute approximate surface area is 108 Å². The number of rotatable bonds is 2. The molecule has 0 radical (unpaired) electrons. The van der Waals surface area contributed by atoms with Gasteiger partial charge >= 0.3 is 0 Å². The van der Waals surface area contributed by atoms with Gasteiger partial charge in [-0.2, -0.15) is 0 Å².